The molecule has 0 fully saturated rings. The number of hydrogen-bond donors (Lipinski definition) is 1. The molecular weight excluding hydrogens is 211 g/mol. The molecule has 0 aliphatic rings. The van der Waals surface area contributed by atoms with E-state index in [9.17, 15) is 4.39 Å². The predicted octanol–water partition coefficient (Wildman–Crippen LogP) is 1.12. The van der Waals surface area contributed by atoms with E-state index in [-0.39, 0.29) is 18.1 Å². The lowest BCUT2D eigenvalue weighted by Gasteiger charge is -2.07. The standard InChI is InChI=1S/C10H11FN4O/c1-15-10(13-6-14-15)5-16-9-3-2-7(11)4-8(9)12/h2-4,6H,5,12H2,1H3. The summed E-state index contributed by atoms with van der Waals surface area (Å²) >= 11 is 0. The Hall–Kier alpha value is -2.11. The van der Waals surface area contributed by atoms with Crippen LogP contribution in [0.1, 0.15) is 5.82 Å². The van der Waals surface area contributed by atoms with Crippen LogP contribution in [-0.4, -0.2) is 14.8 Å². The zero-order chi connectivity index (χ0) is 11.5. The molecule has 16 heavy (non-hydrogen) atoms. The quantitative estimate of drug-likeness (QED) is 0.790. The van der Waals surface area contributed by atoms with Crippen LogP contribution in [0.5, 0.6) is 5.75 Å². The molecule has 0 amide bonds. The van der Waals surface area contributed by atoms with E-state index < -0.39 is 0 Å². The second-order valence-corrected chi connectivity index (χ2v) is 3.27. The van der Waals surface area contributed by atoms with Crippen LogP contribution in [0.25, 0.3) is 0 Å². The number of halogens is 1. The topological polar surface area (TPSA) is 66.0 Å². The van der Waals surface area contributed by atoms with Crippen molar-refractivity contribution in [3.05, 3.63) is 36.2 Å². The number of hydrogen-bond acceptors (Lipinski definition) is 4. The van der Waals surface area contributed by atoms with Crippen LogP contribution in [0.2, 0.25) is 0 Å². The molecule has 0 aliphatic heterocycles. The maximum atomic E-state index is 12.8. The minimum absolute atomic E-state index is 0.242. The second-order valence-electron chi connectivity index (χ2n) is 3.27. The molecule has 0 aliphatic carbocycles. The normalized spacial score (nSPS) is 10.4. The summed E-state index contributed by atoms with van der Waals surface area (Å²) in [5, 5.41) is 3.90. The van der Waals surface area contributed by atoms with E-state index >= 15 is 0 Å². The number of nitrogen functional groups attached to an aromatic ring is 1. The summed E-state index contributed by atoms with van der Waals surface area (Å²) < 4.78 is 19.8. The summed E-state index contributed by atoms with van der Waals surface area (Å²) in [6.07, 6.45) is 1.44. The van der Waals surface area contributed by atoms with Crippen LogP contribution in [0.15, 0.2) is 24.5 Å². The van der Waals surface area contributed by atoms with E-state index in [4.69, 9.17) is 10.5 Å². The van der Waals surface area contributed by atoms with Crippen LogP contribution in [0.3, 0.4) is 0 Å². The Morgan fingerprint density at radius 3 is 2.94 bits per heavy atom. The van der Waals surface area contributed by atoms with Crippen LogP contribution in [0.4, 0.5) is 10.1 Å². The molecule has 0 saturated carbocycles. The molecule has 0 bridgehead atoms. The fourth-order valence-corrected chi connectivity index (χ4v) is 1.24. The fourth-order valence-electron chi connectivity index (χ4n) is 1.24. The first-order valence-electron chi connectivity index (χ1n) is 4.67. The van der Waals surface area contributed by atoms with Gasteiger partial charge in [-0.15, -0.1) is 0 Å². The molecule has 0 spiro atoms. The summed E-state index contributed by atoms with van der Waals surface area (Å²) in [4.78, 5) is 3.99. The smallest absolute Gasteiger partial charge is 0.164 e. The third-order valence-corrected chi connectivity index (χ3v) is 2.13. The van der Waals surface area contributed by atoms with E-state index in [1.807, 2.05) is 0 Å². The van der Waals surface area contributed by atoms with Gasteiger partial charge in [0, 0.05) is 13.1 Å². The van der Waals surface area contributed by atoms with Crippen molar-refractivity contribution in [1.29, 1.82) is 0 Å². The van der Waals surface area contributed by atoms with Gasteiger partial charge in [0.05, 0.1) is 5.69 Å². The first-order chi connectivity index (χ1) is 7.66. The molecule has 2 N–H and O–H groups in total. The zero-order valence-electron chi connectivity index (χ0n) is 8.72. The number of rotatable bonds is 3. The number of benzene rings is 1. The highest BCUT2D eigenvalue weighted by Crippen LogP contribution is 2.22. The SMILES string of the molecule is Cn1ncnc1COc1ccc(F)cc1N. The van der Waals surface area contributed by atoms with E-state index in [2.05, 4.69) is 10.1 Å². The summed E-state index contributed by atoms with van der Waals surface area (Å²) in [6, 6.07) is 4.00. The highest BCUT2D eigenvalue weighted by Gasteiger charge is 2.05. The van der Waals surface area contributed by atoms with Crippen molar-refractivity contribution in [3.8, 4) is 5.75 Å². The van der Waals surface area contributed by atoms with E-state index in [1.54, 1.807) is 11.7 Å². The Morgan fingerprint density at radius 1 is 1.50 bits per heavy atom. The molecule has 1 aromatic carbocycles. The van der Waals surface area contributed by atoms with Gasteiger partial charge in [0.1, 0.15) is 24.5 Å². The molecule has 0 atom stereocenters. The lowest BCUT2D eigenvalue weighted by atomic mass is 10.3. The molecular formula is C10H11FN4O. The third-order valence-electron chi connectivity index (χ3n) is 2.13. The van der Waals surface area contributed by atoms with Crippen LogP contribution < -0.4 is 10.5 Å². The minimum atomic E-state index is -0.386. The van der Waals surface area contributed by atoms with Gasteiger partial charge in [-0.05, 0) is 12.1 Å². The van der Waals surface area contributed by atoms with E-state index in [1.165, 1.54) is 24.5 Å². The van der Waals surface area contributed by atoms with E-state index in [0.29, 0.717) is 11.6 Å². The van der Waals surface area contributed by atoms with Gasteiger partial charge in [-0.25, -0.2) is 9.37 Å². The summed E-state index contributed by atoms with van der Waals surface area (Å²) in [7, 11) is 1.76. The van der Waals surface area contributed by atoms with Crippen molar-refractivity contribution in [2.75, 3.05) is 5.73 Å². The summed E-state index contributed by atoms with van der Waals surface area (Å²) in [6.45, 7) is 0.242. The van der Waals surface area contributed by atoms with Gasteiger partial charge in [0.2, 0.25) is 0 Å². The Bertz CT molecular complexity index is 497. The third kappa shape index (κ3) is 2.10. The molecule has 1 heterocycles. The highest BCUT2D eigenvalue weighted by atomic mass is 19.1. The lowest BCUT2D eigenvalue weighted by Crippen LogP contribution is -2.05. The molecule has 0 unspecified atom stereocenters. The van der Waals surface area contributed by atoms with Crippen molar-refractivity contribution in [3.63, 3.8) is 0 Å². The Labute approximate surface area is 91.7 Å². The number of nitrogens with two attached hydrogens (primary N) is 1. The largest absolute Gasteiger partial charge is 0.483 e. The average Bonchev–Trinajstić information content (AvgIpc) is 2.63. The van der Waals surface area contributed by atoms with Gasteiger partial charge in [0.25, 0.3) is 0 Å². The van der Waals surface area contributed by atoms with Crippen molar-refractivity contribution < 1.29 is 9.13 Å². The number of nitrogens with zero attached hydrogens (tertiary/aromatic N) is 3. The summed E-state index contributed by atoms with van der Waals surface area (Å²) in [5.41, 5.74) is 5.86. The van der Waals surface area contributed by atoms with Gasteiger partial charge < -0.3 is 10.5 Å². The monoisotopic (exact) mass is 222 g/mol. The number of ether oxygens (including phenoxy) is 1. The number of aryl methyl sites for hydroxylation is 1. The highest BCUT2D eigenvalue weighted by molar-refractivity contribution is 5.52. The Balaban J connectivity index is 2.08. The van der Waals surface area contributed by atoms with Gasteiger partial charge >= 0.3 is 0 Å². The maximum Gasteiger partial charge on any atom is 0.164 e. The number of anilines is 1. The fraction of sp³-hybridized carbons (Fsp3) is 0.200. The molecule has 0 radical (unpaired) electrons. The van der Waals surface area contributed by atoms with Crippen LogP contribution in [0, 0.1) is 5.82 Å². The van der Waals surface area contributed by atoms with Crippen molar-refractivity contribution >= 4 is 5.69 Å². The van der Waals surface area contributed by atoms with E-state index in [0.717, 1.165) is 0 Å². The first-order valence-corrected chi connectivity index (χ1v) is 4.67. The molecule has 84 valence electrons. The maximum absolute atomic E-state index is 12.8. The Morgan fingerprint density at radius 2 is 2.31 bits per heavy atom. The van der Waals surface area contributed by atoms with Gasteiger partial charge in [-0.3, -0.25) is 4.68 Å². The lowest BCUT2D eigenvalue weighted by molar-refractivity contribution is 0.291. The minimum Gasteiger partial charge on any atom is -0.483 e. The first kappa shape index (κ1) is 10.4. The summed E-state index contributed by atoms with van der Waals surface area (Å²) in [5.74, 6) is 0.719. The average molecular weight is 222 g/mol. The van der Waals surface area contributed by atoms with Gasteiger partial charge in [-0.1, -0.05) is 0 Å². The molecule has 0 saturated heterocycles. The van der Waals surface area contributed by atoms with Gasteiger partial charge in [0.15, 0.2) is 5.82 Å². The zero-order valence-corrected chi connectivity index (χ0v) is 8.72. The molecule has 5 nitrogen and oxygen atoms in total. The second kappa shape index (κ2) is 4.18. The molecule has 1 aromatic heterocycles. The van der Waals surface area contributed by atoms with Crippen molar-refractivity contribution in [2.45, 2.75) is 6.61 Å². The van der Waals surface area contributed by atoms with Crippen LogP contribution in [-0.2, 0) is 13.7 Å². The molecule has 6 heteroatoms. The molecule has 2 aromatic rings. The van der Waals surface area contributed by atoms with Crippen molar-refractivity contribution in [1.82, 2.24) is 14.8 Å². The number of aromatic nitrogens is 3. The molecule has 2 rings (SSSR count). The Kier molecular flexibility index (Phi) is 2.72. The van der Waals surface area contributed by atoms with Crippen molar-refractivity contribution in [2.24, 2.45) is 7.05 Å². The van der Waals surface area contributed by atoms with Gasteiger partial charge in [-0.2, -0.15) is 5.10 Å². The predicted molar refractivity (Wildman–Crippen MR) is 56.1 cm³/mol. The van der Waals surface area contributed by atoms with Crippen LogP contribution >= 0.6 is 0 Å².